The summed E-state index contributed by atoms with van der Waals surface area (Å²) in [5.74, 6) is 0.959. The summed E-state index contributed by atoms with van der Waals surface area (Å²) in [5.41, 5.74) is 5.71. The number of piperidine rings is 2. The summed E-state index contributed by atoms with van der Waals surface area (Å²) < 4.78 is 0. The molecule has 0 saturated carbocycles. The molecular weight excluding hydrogens is 246 g/mol. The molecule has 1 unspecified atom stereocenters. The van der Waals surface area contributed by atoms with E-state index in [0.29, 0.717) is 11.5 Å². The predicted octanol–water partition coefficient (Wildman–Crippen LogP) is 1.84. The number of thiocarbonyl (C=S) groups is 1. The smallest absolute Gasteiger partial charge is 0.320 e. The maximum absolute atomic E-state index is 12.4. The molecule has 2 heterocycles. The summed E-state index contributed by atoms with van der Waals surface area (Å²) in [7, 11) is 0. The maximum atomic E-state index is 12.4. The summed E-state index contributed by atoms with van der Waals surface area (Å²) in [4.78, 5) is 16.9. The minimum Gasteiger partial charge on any atom is -0.393 e. The van der Waals surface area contributed by atoms with E-state index in [1.807, 2.05) is 9.80 Å². The third kappa shape index (κ3) is 3.13. The fourth-order valence-electron chi connectivity index (χ4n) is 2.78. The molecule has 0 aromatic carbocycles. The zero-order valence-corrected chi connectivity index (χ0v) is 11.9. The zero-order valence-electron chi connectivity index (χ0n) is 11.1. The third-order valence-electron chi connectivity index (χ3n) is 4.15. The van der Waals surface area contributed by atoms with Crippen molar-refractivity contribution in [1.29, 1.82) is 0 Å². The highest BCUT2D eigenvalue weighted by Gasteiger charge is 2.29. The van der Waals surface area contributed by atoms with Gasteiger partial charge in [-0.2, -0.15) is 0 Å². The molecule has 4 nitrogen and oxygen atoms in total. The van der Waals surface area contributed by atoms with Crippen molar-refractivity contribution in [2.45, 2.75) is 32.6 Å². The second-order valence-electron chi connectivity index (χ2n) is 5.64. The molecular formula is C13H23N3OS. The number of carbonyl (C=O) groups excluding carboxylic acids is 1. The summed E-state index contributed by atoms with van der Waals surface area (Å²) in [6.07, 6.45) is 4.28. The molecule has 2 amide bonds. The largest absolute Gasteiger partial charge is 0.393 e. The van der Waals surface area contributed by atoms with Crippen LogP contribution in [0.2, 0.25) is 0 Å². The van der Waals surface area contributed by atoms with Gasteiger partial charge in [0.1, 0.15) is 0 Å². The van der Waals surface area contributed by atoms with E-state index in [4.69, 9.17) is 18.0 Å². The molecule has 18 heavy (non-hydrogen) atoms. The first kappa shape index (κ1) is 13.6. The van der Waals surface area contributed by atoms with Crippen molar-refractivity contribution in [2.75, 3.05) is 26.2 Å². The van der Waals surface area contributed by atoms with Gasteiger partial charge in [0.25, 0.3) is 0 Å². The van der Waals surface area contributed by atoms with Gasteiger partial charge in [-0.25, -0.2) is 4.79 Å². The Balaban J connectivity index is 1.90. The van der Waals surface area contributed by atoms with Gasteiger partial charge < -0.3 is 15.5 Å². The Morgan fingerprint density at radius 2 is 1.83 bits per heavy atom. The van der Waals surface area contributed by atoms with Gasteiger partial charge in [0.05, 0.1) is 4.99 Å². The molecule has 0 bridgehead atoms. The van der Waals surface area contributed by atoms with E-state index in [9.17, 15) is 4.79 Å². The fraction of sp³-hybridized carbons (Fsp3) is 0.846. The van der Waals surface area contributed by atoms with E-state index in [0.717, 1.165) is 51.2 Å². The molecule has 0 aromatic heterocycles. The zero-order chi connectivity index (χ0) is 13.1. The average Bonchev–Trinajstić information content (AvgIpc) is 2.39. The van der Waals surface area contributed by atoms with Crippen LogP contribution in [-0.4, -0.2) is 47.0 Å². The number of nitrogens with two attached hydrogens (primary N) is 1. The van der Waals surface area contributed by atoms with Crippen LogP contribution in [0.3, 0.4) is 0 Å². The van der Waals surface area contributed by atoms with Crippen LogP contribution in [0, 0.1) is 11.8 Å². The van der Waals surface area contributed by atoms with Crippen LogP contribution < -0.4 is 5.73 Å². The van der Waals surface area contributed by atoms with E-state index in [1.165, 1.54) is 0 Å². The normalized spacial score (nSPS) is 26.2. The number of nitrogens with zero attached hydrogens (tertiary/aromatic N) is 2. The van der Waals surface area contributed by atoms with E-state index in [1.54, 1.807) is 0 Å². The lowest BCUT2D eigenvalue weighted by Gasteiger charge is -2.38. The van der Waals surface area contributed by atoms with Gasteiger partial charge in [-0.1, -0.05) is 19.1 Å². The summed E-state index contributed by atoms with van der Waals surface area (Å²) in [5, 5.41) is 0. The molecule has 2 saturated heterocycles. The van der Waals surface area contributed by atoms with E-state index < -0.39 is 0 Å². The molecule has 102 valence electrons. The van der Waals surface area contributed by atoms with E-state index in [-0.39, 0.29) is 11.9 Å². The molecule has 0 aromatic rings. The van der Waals surface area contributed by atoms with Crippen molar-refractivity contribution in [3.8, 4) is 0 Å². The van der Waals surface area contributed by atoms with E-state index in [2.05, 4.69) is 6.92 Å². The Hall–Kier alpha value is -0.840. The van der Waals surface area contributed by atoms with Gasteiger partial charge in [0, 0.05) is 32.1 Å². The quantitative estimate of drug-likeness (QED) is 0.739. The molecule has 0 aliphatic carbocycles. The van der Waals surface area contributed by atoms with Gasteiger partial charge >= 0.3 is 6.03 Å². The Bertz CT molecular complexity index is 326. The maximum Gasteiger partial charge on any atom is 0.320 e. The SMILES string of the molecule is CC1CCN(C(=O)N2CCCC(C(N)=S)C2)CC1. The molecule has 0 spiro atoms. The molecule has 2 aliphatic heterocycles. The molecule has 1 atom stereocenters. The molecule has 2 rings (SSSR count). The van der Waals surface area contributed by atoms with Crippen LogP contribution in [-0.2, 0) is 0 Å². The predicted molar refractivity (Wildman–Crippen MR) is 76.4 cm³/mol. The Labute approximate surface area is 114 Å². The van der Waals surface area contributed by atoms with Crippen molar-refractivity contribution in [1.82, 2.24) is 9.80 Å². The summed E-state index contributed by atoms with van der Waals surface area (Å²) in [6, 6.07) is 0.183. The third-order valence-corrected chi connectivity index (χ3v) is 4.48. The van der Waals surface area contributed by atoms with Gasteiger partial charge in [0.15, 0.2) is 0 Å². The van der Waals surface area contributed by atoms with Crippen molar-refractivity contribution in [3.05, 3.63) is 0 Å². The fourth-order valence-corrected chi connectivity index (χ4v) is 2.98. The lowest BCUT2D eigenvalue weighted by atomic mass is 9.97. The number of amides is 2. The van der Waals surface area contributed by atoms with Gasteiger partial charge in [-0.3, -0.25) is 0 Å². The highest BCUT2D eigenvalue weighted by Crippen LogP contribution is 2.21. The second kappa shape index (κ2) is 5.87. The van der Waals surface area contributed by atoms with Crippen molar-refractivity contribution in [3.63, 3.8) is 0 Å². The highest BCUT2D eigenvalue weighted by atomic mass is 32.1. The lowest BCUT2D eigenvalue weighted by Crippen LogP contribution is -2.51. The number of rotatable bonds is 1. The topological polar surface area (TPSA) is 49.6 Å². The van der Waals surface area contributed by atoms with Gasteiger partial charge in [-0.15, -0.1) is 0 Å². The Morgan fingerprint density at radius 3 is 2.44 bits per heavy atom. The number of hydrogen-bond donors (Lipinski definition) is 1. The highest BCUT2D eigenvalue weighted by molar-refractivity contribution is 7.80. The Morgan fingerprint density at radius 1 is 1.17 bits per heavy atom. The van der Waals surface area contributed by atoms with Gasteiger partial charge in [-0.05, 0) is 31.6 Å². The number of urea groups is 1. The van der Waals surface area contributed by atoms with E-state index >= 15 is 0 Å². The first-order valence-electron chi connectivity index (χ1n) is 6.91. The second-order valence-corrected chi connectivity index (χ2v) is 6.11. The number of likely N-dealkylation sites (tertiary alicyclic amines) is 2. The first-order chi connectivity index (χ1) is 8.58. The van der Waals surface area contributed by atoms with Crippen LogP contribution in [0.1, 0.15) is 32.6 Å². The molecule has 0 radical (unpaired) electrons. The monoisotopic (exact) mass is 269 g/mol. The lowest BCUT2D eigenvalue weighted by molar-refractivity contribution is 0.122. The molecule has 2 N–H and O–H groups in total. The van der Waals surface area contributed by atoms with Crippen molar-refractivity contribution < 1.29 is 4.79 Å². The van der Waals surface area contributed by atoms with Crippen LogP contribution in [0.15, 0.2) is 0 Å². The van der Waals surface area contributed by atoms with Crippen LogP contribution in [0.5, 0.6) is 0 Å². The molecule has 5 heteroatoms. The van der Waals surface area contributed by atoms with Gasteiger partial charge in [0.2, 0.25) is 0 Å². The summed E-state index contributed by atoms with van der Waals surface area (Å²) >= 11 is 5.05. The Kier molecular flexibility index (Phi) is 4.43. The standard InChI is InChI=1S/C13H23N3OS/c1-10-4-7-15(8-5-10)13(17)16-6-2-3-11(9-16)12(14)18/h10-11H,2-9H2,1H3,(H2,14,18). The number of hydrogen-bond acceptors (Lipinski definition) is 2. The van der Waals surface area contributed by atoms with Crippen molar-refractivity contribution in [2.24, 2.45) is 17.6 Å². The van der Waals surface area contributed by atoms with Crippen LogP contribution >= 0.6 is 12.2 Å². The number of carbonyl (C=O) groups is 1. The summed E-state index contributed by atoms with van der Waals surface area (Å²) in [6.45, 7) is 5.61. The van der Waals surface area contributed by atoms with Crippen LogP contribution in [0.25, 0.3) is 0 Å². The average molecular weight is 269 g/mol. The minimum atomic E-state index is 0.183. The van der Waals surface area contributed by atoms with Crippen LogP contribution in [0.4, 0.5) is 4.79 Å². The van der Waals surface area contributed by atoms with Crippen molar-refractivity contribution >= 4 is 23.2 Å². The molecule has 2 fully saturated rings. The minimum absolute atomic E-state index is 0.183. The first-order valence-corrected chi connectivity index (χ1v) is 7.32. The molecule has 2 aliphatic rings.